The number of fused-ring (bicyclic) bond motifs is 1. The Bertz CT molecular complexity index is 1730. The highest BCUT2D eigenvalue weighted by Crippen LogP contribution is 2.40. The molecular weight excluding hydrogens is 555 g/mol. The Morgan fingerprint density at radius 2 is 1.88 bits per heavy atom. The summed E-state index contributed by atoms with van der Waals surface area (Å²) in [6.45, 7) is 5.84. The van der Waals surface area contributed by atoms with Crippen molar-refractivity contribution in [2.75, 3.05) is 56.2 Å². The number of aromatic nitrogens is 2. The van der Waals surface area contributed by atoms with E-state index in [1.54, 1.807) is 12.1 Å². The fourth-order valence-electron chi connectivity index (χ4n) is 5.40. The summed E-state index contributed by atoms with van der Waals surface area (Å²) >= 11 is 1.27. The number of anilines is 3. The molecular formula is C31H31FN6O3S. The van der Waals surface area contributed by atoms with Crippen molar-refractivity contribution < 1.29 is 13.9 Å². The largest absolute Gasteiger partial charge is 0.465 e. The molecule has 2 aliphatic rings. The van der Waals surface area contributed by atoms with Gasteiger partial charge in [-0.25, -0.2) is 9.37 Å². The van der Waals surface area contributed by atoms with E-state index >= 15 is 0 Å². The summed E-state index contributed by atoms with van der Waals surface area (Å²) in [6, 6.07) is 14.4. The molecule has 2 aromatic heterocycles. The lowest BCUT2D eigenvalue weighted by Gasteiger charge is -2.36. The van der Waals surface area contributed by atoms with Gasteiger partial charge in [0.2, 0.25) is 0 Å². The summed E-state index contributed by atoms with van der Waals surface area (Å²) in [5.41, 5.74) is 3.05. The number of pyridine rings is 1. The number of nitrogens with zero attached hydrogens (tertiary/aromatic N) is 6. The van der Waals surface area contributed by atoms with E-state index in [-0.39, 0.29) is 23.4 Å². The Morgan fingerprint density at radius 1 is 1.14 bits per heavy atom. The highest BCUT2D eigenvalue weighted by atomic mass is 32.1. The molecule has 1 aliphatic heterocycles. The molecule has 216 valence electrons. The van der Waals surface area contributed by atoms with Crippen molar-refractivity contribution in [3.63, 3.8) is 0 Å². The van der Waals surface area contributed by atoms with Crippen LogP contribution in [0.3, 0.4) is 0 Å². The fourth-order valence-corrected chi connectivity index (χ4v) is 6.26. The van der Waals surface area contributed by atoms with Crippen LogP contribution in [-0.2, 0) is 9.53 Å². The summed E-state index contributed by atoms with van der Waals surface area (Å²) in [7, 11) is 1.90. The summed E-state index contributed by atoms with van der Waals surface area (Å²) in [4.78, 5) is 36.4. The number of esters is 1. The fraction of sp³-hybridized carbons (Fsp3) is 0.355. The molecule has 0 atom stereocenters. The maximum Gasteiger partial charge on any atom is 0.302 e. The standard InChI is InChI=1S/C31H31FN6O3S/c1-20(39)41-16-15-36-11-13-37(14-12-36)24-9-10-25-26(17-24)27(19-38(30(25)40)23-7-8-23)35(2)31-34-29(28(18-33)42-31)21-3-5-22(32)6-4-21/h3-6,9-10,17,19,23H,7-8,11-16H2,1-2H3. The highest BCUT2D eigenvalue weighted by molar-refractivity contribution is 7.16. The monoisotopic (exact) mass is 586 g/mol. The Morgan fingerprint density at radius 3 is 2.55 bits per heavy atom. The van der Waals surface area contributed by atoms with Gasteiger partial charge in [-0.05, 0) is 55.3 Å². The first-order valence-corrected chi connectivity index (χ1v) is 14.8. The molecule has 0 radical (unpaired) electrons. The van der Waals surface area contributed by atoms with E-state index in [4.69, 9.17) is 9.72 Å². The van der Waals surface area contributed by atoms with Crippen molar-refractivity contribution in [3.05, 3.63) is 69.7 Å². The van der Waals surface area contributed by atoms with E-state index in [9.17, 15) is 19.2 Å². The first kappa shape index (κ1) is 27.9. The van der Waals surface area contributed by atoms with Crippen LogP contribution in [0.2, 0.25) is 0 Å². The van der Waals surface area contributed by atoms with E-state index in [0.29, 0.717) is 39.8 Å². The third kappa shape index (κ3) is 5.60. The van der Waals surface area contributed by atoms with Gasteiger partial charge in [-0.1, -0.05) is 11.3 Å². The van der Waals surface area contributed by atoms with Crippen molar-refractivity contribution in [2.45, 2.75) is 25.8 Å². The molecule has 6 rings (SSSR count). The van der Waals surface area contributed by atoms with Crippen LogP contribution >= 0.6 is 11.3 Å². The molecule has 4 aromatic rings. The third-order valence-electron chi connectivity index (χ3n) is 7.88. The lowest BCUT2D eigenvalue weighted by atomic mass is 10.1. The predicted molar refractivity (Wildman–Crippen MR) is 162 cm³/mol. The Hall–Kier alpha value is -4.27. The van der Waals surface area contributed by atoms with Gasteiger partial charge in [0.25, 0.3) is 5.56 Å². The molecule has 11 heteroatoms. The van der Waals surface area contributed by atoms with Crippen molar-refractivity contribution in [3.8, 4) is 17.3 Å². The van der Waals surface area contributed by atoms with Gasteiger partial charge in [-0.3, -0.25) is 14.5 Å². The molecule has 1 aliphatic carbocycles. The van der Waals surface area contributed by atoms with E-state index < -0.39 is 0 Å². The number of ether oxygens (including phenoxy) is 1. The van der Waals surface area contributed by atoms with E-state index in [1.807, 2.05) is 34.8 Å². The minimum Gasteiger partial charge on any atom is -0.465 e. The van der Waals surface area contributed by atoms with Gasteiger partial charge in [-0.15, -0.1) is 0 Å². The molecule has 2 fully saturated rings. The molecule has 0 amide bonds. The molecule has 3 heterocycles. The van der Waals surface area contributed by atoms with Crippen molar-refractivity contribution in [1.82, 2.24) is 14.5 Å². The maximum absolute atomic E-state index is 13.5. The number of hydrogen-bond acceptors (Lipinski definition) is 9. The first-order valence-electron chi connectivity index (χ1n) is 14.0. The summed E-state index contributed by atoms with van der Waals surface area (Å²) in [5, 5.41) is 11.9. The second kappa shape index (κ2) is 11.5. The second-order valence-corrected chi connectivity index (χ2v) is 11.7. The van der Waals surface area contributed by atoms with Gasteiger partial charge in [0, 0.05) is 81.0 Å². The van der Waals surface area contributed by atoms with Crippen LogP contribution in [-0.4, -0.2) is 66.8 Å². The number of hydrogen-bond donors (Lipinski definition) is 0. The number of piperazine rings is 1. The van der Waals surface area contributed by atoms with Crippen LogP contribution in [0, 0.1) is 17.1 Å². The third-order valence-corrected chi connectivity index (χ3v) is 8.92. The van der Waals surface area contributed by atoms with Crippen LogP contribution in [0.5, 0.6) is 0 Å². The summed E-state index contributed by atoms with van der Waals surface area (Å²) in [5.74, 6) is -0.613. The zero-order chi connectivity index (χ0) is 29.4. The van der Waals surface area contributed by atoms with E-state index in [1.165, 1.54) is 30.4 Å². The number of nitriles is 1. The van der Waals surface area contributed by atoms with E-state index in [0.717, 1.165) is 55.8 Å². The molecule has 1 saturated heterocycles. The molecule has 0 spiro atoms. The second-order valence-electron chi connectivity index (χ2n) is 10.7. The van der Waals surface area contributed by atoms with Gasteiger partial charge in [0.15, 0.2) is 5.13 Å². The first-order chi connectivity index (χ1) is 20.3. The van der Waals surface area contributed by atoms with Gasteiger partial charge in [0.1, 0.15) is 29.1 Å². The Balaban J connectivity index is 1.34. The molecule has 2 aromatic carbocycles. The zero-order valence-corrected chi connectivity index (χ0v) is 24.4. The highest BCUT2D eigenvalue weighted by Gasteiger charge is 2.28. The molecule has 0 unspecified atom stereocenters. The minimum absolute atomic E-state index is 0.00431. The SMILES string of the molecule is CC(=O)OCCN1CCN(c2ccc3c(=O)n(C4CC4)cc(N(C)c4nc(-c5ccc(F)cc5)c(C#N)s4)c3c2)CC1. The van der Waals surface area contributed by atoms with Crippen LogP contribution < -0.4 is 15.4 Å². The average Bonchev–Trinajstić information content (AvgIpc) is 3.75. The van der Waals surface area contributed by atoms with Crippen LogP contribution in [0.25, 0.3) is 22.0 Å². The van der Waals surface area contributed by atoms with Crippen molar-refractivity contribution in [1.29, 1.82) is 5.26 Å². The number of carbonyl (C=O) groups excluding carboxylic acids is 1. The van der Waals surface area contributed by atoms with Gasteiger partial charge < -0.3 is 19.1 Å². The molecule has 9 nitrogen and oxygen atoms in total. The molecule has 0 bridgehead atoms. The topological polar surface area (TPSA) is 94.7 Å². The number of rotatable bonds is 8. The van der Waals surface area contributed by atoms with Gasteiger partial charge in [-0.2, -0.15) is 5.26 Å². The predicted octanol–water partition coefficient (Wildman–Crippen LogP) is 4.92. The smallest absolute Gasteiger partial charge is 0.302 e. The summed E-state index contributed by atoms with van der Waals surface area (Å²) in [6.07, 6.45) is 3.86. The van der Waals surface area contributed by atoms with Gasteiger partial charge in [0.05, 0.1) is 5.69 Å². The minimum atomic E-state index is -0.349. The number of thiazole rings is 1. The summed E-state index contributed by atoms with van der Waals surface area (Å²) < 4.78 is 20.5. The number of carbonyl (C=O) groups is 1. The molecule has 42 heavy (non-hydrogen) atoms. The lowest BCUT2D eigenvalue weighted by Crippen LogP contribution is -2.47. The molecule has 0 N–H and O–H groups in total. The number of halogens is 1. The van der Waals surface area contributed by atoms with Crippen LogP contribution in [0.15, 0.2) is 53.5 Å². The zero-order valence-electron chi connectivity index (χ0n) is 23.5. The number of benzene rings is 2. The van der Waals surface area contributed by atoms with Crippen molar-refractivity contribution >= 4 is 44.6 Å². The quantitative estimate of drug-likeness (QED) is 0.269. The average molecular weight is 587 g/mol. The lowest BCUT2D eigenvalue weighted by molar-refractivity contribution is -0.141. The Kier molecular flexibility index (Phi) is 7.66. The normalized spacial score (nSPS) is 15.5. The van der Waals surface area contributed by atoms with Crippen LogP contribution in [0.4, 0.5) is 20.9 Å². The molecule has 1 saturated carbocycles. The van der Waals surface area contributed by atoms with Gasteiger partial charge >= 0.3 is 5.97 Å². The maximum atomic E-state index is 13.5. The van der Waals surface area contributed by atoms with Crippen molar-refractivity contribution in [2.24, 2.45) is 0 Å². The van der Waals surface area contributed by atoms with E-state index in [2.05, 4.69) is 21.9 Å². The van der Waals surface area contributed by atoms with Crippen LogP contribution in [0.1, 0.15) is 30.7 Å². The Labute approximate surface area is 247 Å².